The van der Waals surface area contributed by atoms with Gasteiger partial charge in [-0.05, 0) is 62.1 Å². The smallest absolute Gasteiger partial charge is 0.326 e. The van der Waals surface area contributed by atoms with Gasteiger partial charge in [0.1, 0.15) is 0 Å². The van der Waals surface area contributed by atoms with Gasteiger partial charge in [0.05, 0.1) is 17.3 Å². The molecule has 1 N–H and O–H groups in total. The van der Waals surface area contributed by atoms with Crippen molar-refractivity contribution >= 4 is 17.3 Å². The second-order valence-corrected chi connectivity index (χ2v) is 8.69. The van der Waals surface area contributed by atoms with E-state index in [0.717, 1.165) is 39.2 Å². The van der Waals surface area contributed by atoms with Gasteiger partial charge in [0.25, 0.3) is 5.89 Å². The van der Waals surface area contributed by atoms with Crippen molar-refractivity contribution in [3.8, 4) is 11.4 Å². The molecule has 4 aromatic rings. The van der Waals surface area contributed by atoms with Crippen molar-refractivity contribution in [2.45, 2.75) is 33.7 Å². The summed E-state index contributed by atoms with van der Waals surface area (Å²) >= 11 is 0. The van der Waals surface area contributed by atoms with E-state index < -0.39 is 6.04 Å². The highest BCUT2D eigenvalue weighted by Gasteiger charge is 2.36. The number of anilines is 1. The zero-order valence-corrected chi connectivity index (χ0v) is 19.7. The molecule has 6 nitrogen and oxygen atoms in total. The first kappa shape index (κ1) is 21.6. The number of aryl methyl sites for hydroxylation is 3. The van der Waals surface area contributed by atoms with Gasteiger partial charge < -0.3 is 9.84 Å². The van der Waals surface area contributed by atoms with E-state index in [2.05, 4.69) is 36.5 Å². The maximum Gasteiger partial charge on any atom is 0.326 e. The molecule has 0 bridgehead atoms. The van der Waals surface area contributed by atoms with Crippen molar-refractivity contribution in [3.05, 3.63) is 107 Å². The summed E-state index contributed by atoms with van der Waals surface area (Å²) in [7, 11) is 0. The predicted octanol–water partition coefficient (Wildman–Crippen LogP) is 6.36. The van der Waals surface area contributed by atoms with E-state index in [1.165, 1.54) is 5.56 Å². The van der Waals surface area contributed by atoms with Crippen molar-refractivity contribution in [2.24, 2.45) is 0 Å². The quantitative estimate of drug-likeness (QED) is 0.392. The first-order valence-electron chi connectivity index (χ1n) is 11.3. The molecular weight excluding hydrogens is 424 g/mol. The van der Waals surface area contributed by atoms with Crippen molar-refractivity contribution in [1.82, 2.24) is 15.5 Å². The first-order chi connectivity index (χ1) is 16.4. The van der Waals surface area contributed by atoms with E-state index in [1.807, 2.05) is 74.5 Å². The average Bonchev–Trinajstić information content (AvgIpc) is 3.31. The Bertz CT molecular complexity index is 1400. The van der Waals surface area contributed by atoms with Crippen LogP contribution in [-0.2, 0) is 0 Å². The number of benzene rings is 3. The Morgan fingerprint density at radius 3 is 2.41 bits per heavy atom. The zero-order chi connectivity index (χ0) is 23.8. The van der Waals surface area contributed by atoms with Crippen LogP contribution >= 0.6 is 0 Å². The lowest BCUT2D eigenvalue weighted by molar-refractivity contribution is 0.244. The summed E-state index contributed by atoms with van der Waals surface area (Å²) < 4.78 is 5.78. The average molecular weight is 451 g/mol. The molecule has 2 amide bonds. The Hall–Kier alpha value is -4.19. The number of allylic oxidation sites excluding steroid dienone is 1. The summed E-state index contributed by atoms with van der Waals surface area (Å²) in [6.45, 7) is 8.08. The second kappa shape index (κ2) is 8.63. The van der Waals surface area contributed by atoms with Crippen LogP contribution in [0, 0.1) is 20.8 Å². The van der Waals surface area contributed by atoms with Crippen LogP contribution in [-0.4, -0.2) is 16.2 Å². The molecule has 34 heavy (non-hydrogen) atoms. The topological polar surface area (TPSA) is 71.3 Å². The summed E-state index contributed by atoms with van der Waals surface area (Å²) in [5.41, 5.74) is 7.57. The number of carbonyl (C=O) groups excluding carboxylic acids is 1. The lowest BCUT2D eigenvalue weighted by atomic mass is 9.92. The van der Waals surface area contributed by atoms with Crippen molar-refractivity contribution in [2.75, 3.05) is 4.90 Å². The third-order valence-electron chi connectivity index (χ3n) is 6.30. The third kappa shape index (κ3) is 3.88. The van der Waals surface area contributed by atoms with Crippen LogP contribution in [0.4, 0.5) is 10.5 Å². The van der Waals surface area contributed by atoms with Crippen LogP contribution in [0.25, 0.3) is 17.0 Å². The van der Waals surface area contributed by atoms with E-state index in [4.69, 9.17) is 9.51 Å². The second-order valence-electron chi connectivity index (χ2n) is 8.69. The van der Waals surface area contributed by atoms with Gasteiger partial charge in [-0.3, -0.25) is 4.90 Å². The molecular formula is C28H26N4O2. The Kier molecular flexibility index (Phi) is 5.49. The van der Waals surface area contributed by atoms with Gasteiger partial charge in [-0.25, -0.2) is 4.79 Å². The fraction of sp³-hybridized carbons (Fsp3) is 0.179. The molecule has 170 valence electrons. The molecule has 1 aromatic heterocycles. The van der Waals surface area contributed by atoms with Gasteiger partial charge in [-0.2, -0.15) is 4.98 Å². The predicted molar refractivity (Wildman–Crippen MR) is 133 cm³/mol. The first-order valence-corrected chi connectivity index (χ1v) is 11.3. The number of hydrogen-bond donors (Lipinski definition) is 1. The van der Waals surface area contributed by atoms with Crippen LogP contribution in [0.3, 0.4) is 0 Å². The SMILES string of the molecule is CC1=C(c2nc(-c3ccccc3)no2)C(c2ccc(C)c(C)c2)NC(=O)N1c1cccc(C)c1. The van der Waals surface area contributed by atoms with E-state index >= 15 is 0 Å². The Labute approximate surface area is 198 Å². The summed E-state index contributed by atoms with van der Waals surface area (Å²) in [5, 5.41) is 7.41. The third-order valence-corrected chi connectivity index (χ3v) is 6.30. The molecule has 2 heterocycles. The van der Waals surface area contributed by atoms with E-state index in [-0.39, 0.29) is 6.03 Å². The van der Waals surface area contributed by atoms with Crippen LogP contribution in [0.15, 0.2) is 83.0 Å². The minimum Gasteiger partial charge on any atom is -0.334 e. The number of hydrogen-bond acceptors (Lipinski definition) is 4. The van der Waals surface area contributed by atoms with Crippen molar-refractivity contribution in [1.29, 1.82) is 0 Å². The van der Waals surface area contributed by atoms with Gasteiger partial charge in [-0.1, -0.05) is 65.8 Å². The molecule has 0 fully saturated rings. The van der Waals surface area contributed by atoms with E-state index in [9.17, 15) is 4.79 Å². The monoisotopic (exact) mass is 450 g/mol. The lowest BCUT2D eigenvalue weighted by Crippen LogP contribution is -2.46. The van der Waals surface area contributed by atoms with Crippen LogP contribution in [0.1, 0.15) is 41.1 Å². The minimum absolute atomic E-state index is 0.196. The number of amides is 2. The molecule has 3 aromatic carbocycles. The summed E-state index contributed by atoms with van der Waals surface area (Å²) in [4.78, 5) is 19.8. The summed E-state index contributed by atoms with van der Waals surface area (Å²) in [5.74, 6) is 0.894. The highest BCUT2D eigenvalue weighted by molar-refractivity contribution is 6.01. The van der Waals surface area contributed by atoms with Gasteiger partial charge in [-0.15, -0.1) is 0 Å². The zero-order valence-electron chi connectivity index (χ0n) is 19.7. The molecule has 1 aliphatic rings. The molecule has 1 atom stereocenters. The highest BCUT2D eigenvalue weighted by atomic mass is 16.5. The van der Waals surface area contributed by atoms with E-state index in [1.54, 1.807) is 4.90 Å². The van der Waals surface area contributed by atoms with Gasteiger partial charge in [0.2, 0.25) is 5.82 Å². The maximum absolute atomic E-state index is 13.4. The van der Waals surface area contributed by atoms with Gasteiger partial charge in [0, 0.05) is 11.3 Å². The molecule has 6 heteroatoms. The number of urea groups is 1. The maximum atomic E-state index is 13.4. The molecule has 0 spiro atoms. The standard InChI is InChI=1S/C28H26N4O2/c1-17-9-8-12-23(15-17)32-20(4)24(27-30-26(31-34-27)21-10-6-5-7-11-21)25(29-28(32)33)22-14-13-18(2)19(3)16-22/h5-16,25H,1-4H3,(H,29,33). The summed E-state index contributed by atoms with van der Waals surface area (Å²) in [6.07, 6.45) is 0. The number of aromatic nitrogens is 2. The number of carbonyl (C=O) groups is 1. The number of nitrogens with zero attached hydrogens (tertiary/aromatic N) is 3. The minimum atomic E-state index is -0.420. The summed E-state index contributed by atoms with van der Waals surface area (Å²) in [6, 6.07) is 23.2. The Balaban J connectivity index is 1.68. The molecule has 0 aliphatic carbocycles. The number of nitrogens with one attached hydrogen (secondary N) is 1. The molecule has 1 aliphatic heterocycles. The van der Waals surface area contributed by atoms with Gasteiger partial charge in [0.15, 0.2) is 0 Å². The van der Waals surface area contributed by atoms with Crippen molar-refractivity contribution in [3.63, 3.8) is 0 Å². The normalized spacial score (nSPS) is 16.1. The van der Waals surface area contributed by atoms with Crippen LogP contribution < -0.4 is 10.2 Å². The molecule has 0 radical (unpaired) electrons. The fourth-order valence-electron chi connectivity index (χ4n) is 4.33. The van der Waals surface area contributed by atoms with Gasteiger partial charge >= 0.3 is 6.03 Å². The fourth-order valence-corrected chi connectivity index (χ4v) is 4.33. The molecule has 5 rings (SSSR count). The highest BCUT2D eigenvalue weighted by Crippen LogP contribution is 2.39. The lowest BCUT2D eigenvalue weighted by Gasteiger charge is -2.35. The van der Waals surface area contributed by atoms with Crippen LogP contribution in [0.2, 0.25) is 0 Å². The Morgan fingerprint density at radius 2 is 1.68 bits per heavy atom. The largest absolute Gasteiger partial charge is 0.334 e. The van der Waals surface area contributed by atoms with Crippen molar-refractivity contribution < 1.29 is 9.32 Å². The van der Waals surface area contributed by atoms with E-state index in [0.29, 0.717) is 11.7 Å². The number of rotatable bonds is 4. The molecule has 0 saturated heterocycles. The molecule has 0 saturated carbocycles. The Morgan fingerprint density at radius 1 is 0.882 bits per heavy atom. The molecule has 1 unspecified atom stereocenters. The van der Waals surface area contributed by atoms with Crippen LogP contribution in [0.5, 0.6) is 0 Å².